The Morgan fingerprint density at radius 3 is 2.55 bits per heavy atom. The summed E-state index contributed by atoms with van der Waals surface area (Å²) in [7, 11) is 1.67. The van der Waals surface area contributed by atoms with Crippen LogP contribution in [0.3, 0.4) is 0 Å². The molecule has 1 aliphatic carbocycles. The molecule has 1 saturated heterocycles. The number of piperazine rings is 1. The van der Waals surface area contributed by atoms with Gasteiger partial charge < -0.3 is 29.7 Å². The van der Waals surface area contributed by atoms with Gasteiger partial charge in [-0.15, -0.1) is 0 Å². The molecule has 0 bridgehead atoms. The number of anilines is 2. The van der Waals surface area contributed by atoms with Gasteiger partial charge in [-0.05, 0) is 55.5 Å². The highest BCUT2D eigenvalue weighted by Crippen LogP contribution is 2.35. The molecule has 4 rings (SSSR count). The maximum Gasteiger partial charge on any atom is 0.321 e. The molecular formula is C24H31N3O4. The minimum Gasteiger partial charge on any atom is -0.493 e. The van der Waals surface area contributed by atoms with Crippen LogP contribution in [-0.4, -0.2) is 55.4 Å². The van der Waals surface area contributed by atoms with E-state index in [1.54, 1.807) is 13.2 Å². The van der Waals surface area contributed by atoms with E-state index in [-0.39, 0.29) is 18.7 Å². The van der Waals surface area contributed by atoms with E-state index in [1.807, 2.05) is 29.2 Å². The molecule has 2 N–H and O–H groups in total. The number of methoxy groups -OCH3 is 1. The van der Waals surface area contributed by atoms with Crippen LogP contribution in [0.1, 0.15) is 31.2 Å². The van der Waals surface area contributed by atoms with Gasteiger partial charge in [0.25, 0.3) is 0 Å². The standard InChI is InChI=1S/C24H31N3O4/c1-30-22-10-9-20(16-23(22)31-21-7-2-3-8-21)26-11-13-27(14-12-26)24(29)25-19-6-4-5-18(15-19)17-28/h4-6,9-10,15-16,21,28H,2-3,7-8,11-14,17H2,1H3,(H,25,29). The normalized spacial score (nSPS) is 17.0. The first-order valence-electron chi connectivity index (χ1n) is 11.0. The molecule has 2 aromatic carbocycles. The number of hydrogen-bond acceptors (Lipinski definition) is 5. The molecule has 0 aromatic heterocycles. The summed E-state index contributed by atoms with van der Waals surface area (Å²) in [6.07, 6.45) is 4.92. The number of nitrogens with zero attached hydrogens (tertiary/aromatic N) is 2. The first kappa shape index (κ1) is 21.3. The average Bonchev–Trinajstić information content (AvgIpc) is 3.32. The zero-order valence-electron chi connectivity index (χ0n) is 18.0. The predicted molar refractivity (Wildman–Crippen MR) is 121 cm³/mol. The smallest absolute Gasteiger partial charge is 0.321 e. The Morgan fingerprint density at radius 2 is 1.84 bits per heavy atom. The second-order valence-corrected chi connectivity index (χ2v) is 8.12. The maximum atomic E-state index is 12.6. The van der Waals surface area contributed by atoms with Gasteiger partial charge in [0.1, 0.15) is 0 Å². The minimum atomic E-state index is -0.116. The topological polar surface area (TPSA) is 74.3 Å². The highest BCUT2D eigenvalue weighted by atomic mass is 16.5. The number of aliphatic hydroxyl groups excluding tert-OH is 1. The third-order valence-electron chi connectivity index (χ3n) is 6.04. The summed E-state index contributed by atoms with van der Waals surface area (Å²) in [4.78, 5) is 16.7. The number of ether oxygens (including phenoxy) is 2. The maximum absolute atomic E-state index is 12.6. The number of carbonyl (C=O) groups is 1. The summed E-state index contributed by atoms with van der Waals surface area (Å²) in [5.41, 5.74) is 2.56. The van der Waals surface area contributed by atoms with Crippen LogP contribution in [-0.2, 0) is 6.61 Å². The number of nitrogens with one attached hydrogen (secondary N) is 1. The highest BCUT2D eigenvalue weighted by Gasteiger charge is 2.23. The fourth-order valence-electron chi connectivity index (χ4n) is 4.26. The van der Waals surface area contributed by atoms with Crippen molar-refractivity contribution in [3.05, 3.63) is 48.0 Å². The van der Waals surface area contributed by atoms with Crippen molar-refractivity contribution in [2.45, 2.75) is 38.4 Å². The molecule has 2 amide bonds. The van der Waals surface area contributed by atoms with Gasteiger partial charge in [-0.3, -0.25) is 0 Å². The van der Waals surface area contributed by atoms with Crippen LogP contribution in [0.2, 0.25) is 0 Å². The van der Waals surface area contributed by atoms with Crippen LogP contribution in [0.25, 0.3) is 0 Å². The summed E-state index contributed by atoms with van der Waals surface area (Å²) in [5.74, 6) is 1.56. The van der Waals surface area contributed by atoms with E-state index in [4.69, 9.17) is 9.47 Å². The van der Waals surface area contributed by atoms with Crippen LogP contribution >= 0.6 is 0 Å². The van der Waals surface area contributed by atoms with Crippen molar-refractivity contribution in [1.29, 1.82) is 0 Å². The van der Waals surface area contributed by atoms with E-state index in [0.717, 1.165) is 48.7 Å². The lowest BCUT2D eigenvalue weighted by Crippen LogP contribution is -2.50. The van der Waals surface area contributed by atoms with Gasteiger partial charge in [-0.1, -0.05) is 12.1 Å². The van der Waals surface area contributed by atoms with E-state index in [0.29, 0.717) is 18.8 Å². The van der Waals surface area contributed by atoms with Crippen LogP contribution in [0, 0.1) is 0 Å². The molecule has 2 aliphatic rings. The van der Waals surface area contributed by atoms with Crippen molar-refractivity contribution in [2.75, 3.05) is 43.5 Å². The SMILES string of the molecule is COc1ccc(N2CCN(C(=O)Nc3cccc(CO)c3)CC2)cc1OC1CCCC1. The molecule has 0 unspecified atom stereocenters. The van der Waals surface area contributed by atoms with E-state index in [2.05, 4.69) is 22.3 Å². The molecule has 2 fully saturated rings. The lowest BCUT2D eigenvalue weighted by atomic mass is 10.2. The second kappa shape index (κ2) is 9.92. The van der Waals surface area contributed by atoms with E-state index < -0.39 is 0 Å². The number of benzene rings is 2. The number of aliphatic hydroxyl groups is 1. The van der Waals surface area contributed by atoms with E-state index >= 15 is 0 Å². The Kier molecular flexibility index (Phi) is 6.82. The van der Waals surface area contributed by atoms with Crippen molar-refractivity contribution in [3.63, 3.8) is 0 Å². The van der Waals surface area contributed by atoms with E-state index in [9.17, 15) is 9.90 Å². The molecular weight excluding hydrogens is 394 g/mol. The van der Waals surface area contributed by atoms with Gasteiger partial charge in [0, 0.05) is 43.6 Å². The fraction of sp³-hybridized carbons (Fsp3) is 0.458. The Balaban J connectivity index is 1.36. The van der Waals surface area contributed by atoms with Gasteiger partial charge in [-0.2, -0.15) is 0 Å². The largest absolute Gasteiger partial charge is 0.493 e. The molecule has 0 atom stereocenters. The summed E-state index contributed by atoms with van der Waals surface area (Å²) in [6.45, 7) is 2.72. The molecule has 1 saturated carbocycles. The molecule has 1 heterocycles. The van der Waals surface area contributed by atoms with Crippen LogP contribution < -0.4 is 19.7 Å². The summed E-state index contributed by atoms with van der Waals surface area (Å²) >= 11 is 0. The monoisotopic (exact) mass is 425 g/mol. The molecule has 7 nitrogen and oxygen atoms in total. The van der Waals surface area contributed by atoms with Crippen LogP contribution in [0.15, 0.2) is 42.5 Å². The molecule has 166 valence electrons. The second-order valence-electron chi connectivity index (χ2n) is 8.12. The first-order valence-corrected chi connectivity index (χ1v) is 11.0. The third kappa shape index (κ3) is 5.22. The minimum absolute atomic E-state index is 0.0449. The van der Waals surface area contributed by atoms with Gasteiger partial charge in [0.15, 0.2) is 11.5 Å². The number of rotatable bonds is 6. The molecule has 31 heavy (non-hydrogen) atoms. The van der Waals surface area contributed by atoms with Crippen molar-refractivity contribution in [3.8, 4) is 11.5 Å². The number of amides is 2. The third-order valence-corrected chi connectivity index (χ3v) is 6.04. The molecule has 7 heteroatoms. The summed E-state index contributed by atoms with van der Waals surface area (Å²) < 4.78 is 11.7. The summed E-state index contributed by atoms with van der Waals surface area (Å²) in [5, 5.41) is 12.2. The lowest BCUT2D eigenvalue weighted by molar-refractivity contribution is 0.200. The fourth-order valence-corrected chi connectivity index (χ4v) is 4.26. The van der Waals surface area contributed by atoms with Gasteiger partial charge >= 0.3 is 6.03 Å². The molecule has 0 spiro atoms. The van der Waals surface area contributed by atoms with Crippen molar-refractivity contribution < 1.29 is 19.4 Å². The quantitative estimate of drug-likeness (QED) is 0.735. The number of hydrogen-bond donors (Lipinski definition) is 2. The Morgan fingerprint density at radius 1 is 1.06 bits per heavy atom. The van der Waals surface area contributed by atoms with Gasteiger partial charge in [-0.25, -0.2) is 4.79 Å². The summed E-state index contributed by atoms with van der Waals surface area (Å²) in [6, 6.07) is 13.2. The van der Waals surface area contributed by atoms with Gasteiger partial charge in [0.2, 0.25) is 0 Å². The number of urea groups is 1. The van der Waals surface area contributed by atoms with Crippen molar-refractivity contribution in [2.24, 2.45) is 0 Å². The molecule has 0 radical (unpaired) electrons. The lowest BCUT2D eigenvalue weighted by Gasteiger charge is -2.36. The Hall–Kier alpha value is -2.93. The van der Waals surface area contributed by atoms with Crippen LogP contribution in [0.4, 0.5) is 16.2 Å². The Bertz CT molecular complexity index is 890. The number of carbonyl (C=O) groups excluding carboxylic acids is 1. The van der Waals surface area contributed by atoms with E-state index in [1.165, 1.54) is 12.8 Å². The Labute approximate surface area is 183 Å². The highest BCUT2D eigenvalue weighted by molar-refractivity contribution is 5.89. The van der Waals surface area contributed by atoms with Crippen molar-refractivity contribution in [1.82, 2.24) is 4.90 Å². The molecule has 1 aliphatic heterocycles. The van der Waals surface area contributed by atoms with Gasteiger partial charge in [0.05, 0.1) is 19.8 Å². The van der Waals surface area contributed by atoms with Crippen LogP contribution in [0.5, 0.6) is 11.5 Å². The predicted octanol–water partition coefficient (Wildman–Crippen LogP) is 3.86. The average molecular weight is 426 g/mol. The van der Waals surface area contributed by atoms with Crippen molar-refractivity contribution >= 4 is 17.4 Å². The first-order chi connectivity index (χ1) is 15.2. The zero-order valence-corrected chi connectivity index (χ0v) is 18.0. The molecule has 2 aromatic rings. The zero-order chi connectivity index (χ0) is 21.6.